The van der Waals surface area contributed by atoms with E-state index < -0.39 is 5.82 Å². The highest BCUT2D eigenvalue weighted by Gasteiger charge is 2.31. The highest BCUT2D eigenvalue weighted by Crippen LogP contribution is 2.43. The molecular weight excluding hydrogens is 471 g/mol. The van der Waals surface area contributed by atoms with Gasteiger partial charge in [0.05, 0.1) is 17.6 Å². The van der Waals surface area contributed by atoms with Crippen LogP contribution in [0.2, 0.25) is 0 Å². The van der Waals surface area contributed by atoms with E-state index in [4.69, 9.17) is 10.7 Å². The molecule has 37 heavy (non-hydrogen) atoms. The molecule has 1 saturated carbocycles. The van der Waals surface area contributed by atoms with Crippen molar-refractivity contribution in [3.8, 4) is 0 Å². The van der Waals surface area contributed by atoms with Gasteiger partial charge in [-0.1, -0.05) is 6.58 Å². The third-order valence-electron chi connectivity index (χ3n) is 6.55. The maximum atomic E-state index is 14.0. The minimum atomic E-state index is -0.450. The summed E-state index contributed by atoms with van der Waals surface area (Å²) in [6.45, 7) is 7.64. The Morgan fingerprint density at radius 3 is 2.84 bits per heavy atom. The van der Waals surface area contributed by atoms with Crippen molar-refractivity contribution in [1.82, 2.24) is 34.8 Å². The van der Waals surface area contributed by atoms with E-state index in [0.717, 1.165) is 61.5 Å². The predicted molar refractivity (Wildman–Crippen MR) is 141 cm³/mol. The molecule has 0 unspecified atom stereocenters. The normalized spacial score (nSPS) is 16.2. The molecule has 188 valence electrons. The molecule has 1 aliphatic heterocycles. The van der Waals surface area contributed by atoms with E-state index >= 15 is 0 Å². The van der Waals surface area contributed by atoms with Crippen LogP contribution in [0, 0.1) is 5.82 Å². The first-order chi connectivity index (χ1) is 18.1. The molecule has 0 atom stereocenters. The van der Waals surface area contributed by atoms with Crippen molar-refractivity contribution in [2.24, 2.45) is 4.99 Å². The van der Waals surface area contributed by atoms with Gasteiger partial charge in [-0.15, -0.1) is 5.10 Å². The lowest BCUT2D eigenvalue weighted by atomic mass is 10.0. The summed E-state index contributed by atoms with van der Waals surface area (Å²) in [5.41, 5.74) is 10.7. The smallest absolute Gasteiger partial charge is 0.248 e. The van der Waals surface area contributed by atoms with Crippen LogP contribution in [0.25, 0.3) is 11.3 Å². The number of nitrogen functional groups attached to an aromatic ring is 1. The average Bonchev–Trinajstić information content (AvgIpc) is 3.68. The van der Waals surface area contributed by atoms with Crippen molar-refractivity contribution in [3.63, 3.8) is 0 Å². The van der Waals surface area contributed by atoms with Crippen molar-refractivity contribution in [2.45, 2.75) is 18.8 Å². The molecule has 1 saturated heterocycles. The molecule has 0 radical (unpaired) electrons. The Balaban J connectivity index is 1.33. The van der Waals surface area contributed by atoms with Crippen molar-refractivity contribution in [1.29, 1.82) is 0 Å². The van der Waals surface area contributed by atoms with E-state index in [-0.39, 0.29) is 11.6 Å². The van der Waals surface area contributed by atoms with E-state index in [1.54, 1.807) is 24.7 Å². The third-order valence-corrected chi connectivity index (χ3v) is 6.55. The van der Waals surface area contributed by atoms with Crippen LogP contribution in [-0.2, 0) is 0 Å². The van der Waals surface area contributed by atoms with E-state index in [2.05, 4.69) is 42.2 Å². The Bertz CT molecular complexity index is 1500. The number of hydrogen-bond acceptors (Lipinski definition) is 8. The van der Waals surface area contributed by atoms with Gasteiger partial charge < -0.3 is 21.3 Å². The Morgan fingerprint density at radius 1 is 1.22 bits per heavy atom. The number of rotatable bonds is 6. The Morgan fingerprint density at radius 2 is 2.05 bits per heavy atom. The number of pyridine rings is 3. The monoisotopic (exact) mass is 498 g/mol. The lowest BCUT2D eigenvalue weighted by Crippen LogP contribution is -2.47. The summed E-state index contributed by atoms with van der Waals surface area (Å²) >= 11 is 0. The lowest BCUT2D eigenvalue weighted by Gasteiger charge is -2.32. The largest absolute Gasteiger partial charge is 0.397 e. The average molecular weight is 499 g/mol. The number of hydrogen-bond donors (Lipinski definition) is 3. The fourth-order valence-corrected chi connectivity index (χ4v) is 4.53. The summed E-state index contributed by atoms with van der Waals surface area (Å²) in [6.07, 6.45) is 9.18. The maximum Gasteiger partial charge on any atom is 0.248 e. The lowest BCUT2D eigenvalue weighted by molar-refractivity contribution is 0.358. The number of nitrogens with zero attached hydrogens (tertiary/aromatic N) is 7. The molecule has 1 aliphatic carbocycles. The third kappa shape index (κ3) is 4.73. The number of nitrogens with two attached hydrogens (primary N) is 1. The summed E-state index contributed by atoms with van der Waals surface area (Å²) in [5, 5.41) is 10.7. The maximum absolute atomic E-state index is 14.0. The summed E-state index contributed by atoms with van der Waals surface area (Å²) in [4.78, 5) is 20.2. The Kier molecular flexibility index (Phi) is 5.97. The molecule has 0 aromatic carbocycles. The van der Waals surface area contributed by atoms with Gasteiger partial charge in [-0.3, -0.25) is 4.98 Å². The first-order valence-electron chi connectivity index (χ1n) is 12.3. The van der Waals surface area contributed by atoms with Crippen LogP contribution in [0.15, 0.2) is 60.6 Å². The topological polar surface area (TPSA) is 122 Å². The number of anilines is 3. The molecule has 2 aliphatic rings. The first kappa shape index (κ1) is 23.0. The van der Waals surface area contributed by atoms with Crippen LogP contribution in [0.4, 0.5) is 21.8 Å². The second-order valence-electron chi connectivity index (χ2n) is 9.20. The Labute approximate surface area is 213 Å². The molecular formula is C26H27FN10. The fraction of sp³-hybridized carbons (Fsp3) is 0.269. The van der Waals surface area contributed by atoms with Crippen LogP contribution in [0.3, 0.4) is 0 Å². The first-order valence-corrected chi connectivity index (χ1v) is 12.3. The molecule has 4 N–H and O–H groups in total. The van der Waals surface area contributed by atoms with Crippen LogP contribution in [0.1, 0.15) is 35.4 Å². The van der Waals surface area contributed by atoms with E-state index in [0.29, 0.717) is 23.1 Å². The zero-order valence-electron chi connectivity index (χ0n) is 20.2. The van der Waals surface area contributed by atoms with Gasteiger partial charge in [0.2, 0.25) is 5.95 Å². The number of amidine groups is 1. The molecule has 0 amide bonds. The number of nitrogens with one attached hydrogen (secondary N) is 2. The van der Waals surface area contributed by atoms with E-state index in [1.807, 2.05) is 18.3 Å². The zero-order valence-corrected chi connectivity index (χ0v) is 20.2. The standard InChI is InChI=1S/C26H27FN10/c1-16(18-6-7-31-22(13-18)33-26-34-24-20(27)3-2-10-37(24)35-26)32-25(36-11-8-29-9-12-36)23-19(17-4-5-17)14-30-15-21(23)28/h2-3,6-7,10,13-15,17,29H,1,4-5,8-9,11-12,28H2,(H,31,33,35)/b32-25+. The number of fused-ring (bicyclic) bond motifs is 1. The molecule has 2 fully saturated rings. The van der Waals surface area contributed by atoms with Gasteiger partial charge in [0, 0.05) is 55.9 Å². The summed E-state index contributed by atoms with van der Waals surface area (Å²) in [6, 6.07) is 6.58. The van der Waals surface area contributed by atoms with Crippen LogP contribution in [-0.4, -0.2) is 61.5 Å². The van der Waals surface area contributed by atoms with Crippen molar-refractivity contribution < 1.29 is 4.39 Å². The van der Waals surface area contributed by atoms with Crippen molar-refractivity contribution in [3.05, 3.63) is 78.1 Å². The van der Waals surface area contributed by atoms with E-state index in [1.165, 1.54) is 10.6 Å². The number of aliphatic imine (C=N–C) groups is 1. The molecule has 11 heteroatoms. The highest BCUT2D eigenvalue weighted by molar-refractivity contribution is 6.06. The van der Waals surface area contributed by atoms with Gasteiger partial charge in [0.25, 0.3) is 0 Å². The second-order valence-corrected chi connectivity index (χ2v) is 9.20. The summed E-state index contributed by atoms with van der Waals surface area (Å²) < 4.78 is 15.4. The van der Waals surface area contributed by atoms with Gasteiger partial charge in [0.1, 0.15) is 11.7 Å². The molecule has 0 bridgehead atoms. The Hall–Kier alpha value is -4.38. The zero-order chi connectivity index (χ0) is 25.4. The molecule has 0 spiro atoms. The van der Waals surface area contributed by atoms with Crippen LogP contribution >= 0.6 is 0 Å². The summed E-state index contributed by atoms with van der Waals surface area (Å²) in [7, 11) is 0. The van der Waals surface area contributed by atoms with E-state index in [9.17, 15) is 4.39 Å². The number of aromatic nitrogens is 5. The highest BCUT2D eigenvalue weighted by atomic mass is 19.1. The van der Waals surface area contributed by atoms with Crippen molar-refractivity contribution in [2.75, 3.05) is 37.2 Å². The minimum absolute atomic E-state index is 0.136. The van der Waals surface area contributed by atoms with Crippen LogP contribution in [0.5, 0.6) is 0 Å². The molecule has 6 rings (SSSR count). The SMILES string of the molecule is C=C(/N=C(\c1c(N)cncc1C1CC1)N1CCNCC1)c1ccnc(Nc2nc3c(F)cccn3n2)c1. The van der Waals surface area contributed by atoms with Gasteiger partial charge >= 0.3 is 0 Å². The number of halogens is 1. The van der Waals surface area contributed by atoms with Crippen molar-refractivity contribution >= 4 is 34.6 Å². The molecule has 5 heterocycles. The summed E-state index contributed by atoms with van der Waals surface area (Å²) in [5.74, 6) is 1.57. The quantitative estimate of drug-likeness (QED) is 0.274. The van der Waals surface area contributed by atoms with Crippen LogP contribution < -0.4 is 16.4 Å². The molecule has 4 aromatic rings. The van der Waals surface area contributed by atoms with Gasteiger partial charge in [-0.2, -0.15) is 4.98 Å². The molecule has 4 aromatic heterocycles. The van der Waals surface area contributed by atoms with Gasteiger partial charge in [0.15, 0.2) is 11.5 Å². The van der Waals surface area contributed by atoms with Gasteiger partial charge in [-0.25, -0.2) is 18.9 Å². The fourth-order valence-electron chi connectivity index (χ4n) is 4.53. The minimum Gasteiger partial charge on any atom is -0.397 e. The predicted octanol–water partition coefficient (Wildman–Crippen LogP) is 3.18. The molecule has 10 nitrogen and oxygen atoms in total. The number of piperazine rings is 1. The van der Waals surface area contributed by atoms with Gasteiger partial charge in [-0.05, 0) is 48.6 Å². The second kappa shape index (κ2) is 9.58.